The van der Waals surface area contributed by atoms with Crippen molar-refractivity contribution in [3.8, 4) is 5.75 Å². The molecule has 2 aromatic rings. The number of aryl methyl sites for hydroxylation is 2. The van der Waals surface area contributed by atoms with Crippen molar-refractivity contribution in [1.82, 2.24) is 15.5 Å². The van der Waals surface area contributed by atoms with Crippen molar-refractivity contribution in [1.29, 1.82) is 0 Å². The summed E-state index contributed by atoms with van der Waals surface area (Å²) in [6.07, 6.45) is 3.91. The van der Waals surface area contributed by atoms with Crippen molar-refractivity contribution in [2.24, 2.45) is 0 Å². The van der Waals surface area contributed by atoms with Gasteiger partial charge in [0.05, 0.1) is 13.2 Å². The maximum absolute atomic E-state index is 13.0. The Labute approximate surface area is 188 Å². The molecule has 1 aliphatic heterocycles. The van der Waals surface area contributed by atoms with Crippen LogP contribution in [0.3, 0.4) is 0 Å². The summed E-state index contributed by atoms with van der Waals surface area (Å²) in [7, 11) is 1.61. The average Bonchev–Trinajstić information content (AvgIpc) is 3.01. The van der Waals surface area contributed by atoms with Gasteiger partial charge in [0.15, 0.2) is 0 Å². The second-order valence-corrected chi connectivity index (χ2v) is 8.71. The lowest BCUT2D eigenvalue weighted by Crippen LogP contribution is -2.46. The fourth-order valence-corrected chi connectivity index (χ4v) is 4.53. The molecule has 2 N–H and O–H groups in total. The fraction of sp³-hybridized carbons (Fsp3) is 0.400. The van der Waals surface area contributed by atoms with Crippen LogP contribution in [-0.2, 0) is 22.4 Å². The molecular weight excluding hydrogens is 406 g/mol. The van der Waals surface area contributed by atoms with E-state index in [1.165, 1.54) is 5.56 Å². The molecule has 0 bridgehead atoms. The van der Waals surface area contributed by atoms with Gasteiger partial charge in [0.25, 0.3) is 5.91 Å². The van der Waals surface area contributed by atoms with E-state index < -0.39 is 11.6 Å². The Morgan fingerprint density at radius 2 is 1.94 bits per heavy atom. The molecular formula is C25H29N3O4. The number of hydrogen-bond acceptors (Lipinski definition) is 4. The molecule has 1 fully saturated rings. The highest BCUT2D eigenvalue weighted by atomic mass is 16.5. The van der Waals surface area contributed by atoms with Gasteiger partial charge in [0.1, 0.15) is 17.8 Å². The number of carbonyl (C=O) groups is 3. The number of benzene rings is 2. The second kappa shape index (κ2) is 9.02. The summed E-state index contributed by atoms with van der Waals surface area (Å²) < 4.78 is 5.17. The number of ether oxygens (including phenoxy) is 1. The monoisotopic (exact) mass is 435 g/mol. The van der Waals surface area contributed by atoms with Crippen LogP contribution in [0.5, 0.6) is 5.75 Å². The summed E-state index contributed by atoms with van der Waals surface area (Å²) in [6, 6.07) is 15.1. The van der Waals surface area contributed by atoms with Gasteiger partial charge >= 0.3 is 6.03 Å². The Hall–Kier alpha value is -3.35. The SMILES string of the molecule is COc1ccc(CCC2(C)NC(=O)N(CC(=O)NC3CCCc4ccccc43)C2=O)cc1. The Kier molecular flexibility index (Phi) is 6.17. The van der Waals surface area contributed by atoms with Gasteiger partial charge in [-0.05, 0) is 67.9 Å². The van der Waals surface area contributed by atoms with E-state index in [9.17, 15) is 14.4 Å². The first-order chi connectivity index (χ1) is 15.4. The summed E-state index contributed by atoms with van der Waals surface area (Å²) in [5.41, 5.74) is 2.37. The van der Waals surface area contributed by atoms with E-state index in [1.54, 1.807) is 14.0 Å². The first kappa shape index (κ1) is 21.9. The number of amides is 4. The second-order valence-electron chi connectivity index (χ2n) is 8.71. The van der Waals surface area contributed by atoms with Crippen LogP contribution in [0, 0.1) is 0 Å². The van der Waals surface area contributed by atoms with Crippen LogP contribution in [0.1, 0.15) is 48.9 Å². The number of imide groups is 1. The van der Waals surface area contributed by atoms with Gasteiger partial charge < -0.3 is 15.4 Å². The van der Waals surface area contributed by atoms with E-state index in [4.69, 9.17) is 4.74 Å². The van der Waals surface area contributed by atoms with Crippen LogP contribution < -0.4 is 15.4 Å². The molecule has 0 saturated carbocycles. The molecule has 1 saturated heterocycles. The number of fused-ring (bicyclic) bond motifs is 1. The first-order valence-corrected chi connectivity index (χ1v) is 11.0. The van der Waals surface area contributed by atoms with Crippen LogP contribution in [0.2, 0.25) is 0 Å². The van der Waals surface area contributed by atoms with Crippen molar-refractivity contribution < 1.29 is 19.1 Å². The fourth-order valence-electron chi connectivity index (χ4n) is 4.53. The van der Waals surface area contributed by atoms with Gasteiger partial charge in [-0.1, -0.05) is 36.4 Å². The Morgan fingerprint density at radius 1 is 1.19 bits per heavy atom. The topological polar surface area (TPSA) is 87.7 Å². The summed E-state index contributed by atoms with van der Waals surface area (Å²) in [5.74, 6) is 0.0767. The number of carbonyl (C=O) groups excluding carboxylic acids is 3. The van der Waals surface area contributed by atoms with Crippen LogP contribution in [0.4, 0.5) is 4.79 Å². The van der Waals surface area contributed by atoms with E-state index in [2.05, 4.69) is 16.7 Å². The number of hydrogen-bond donors (Lipinski definition) is 2. The van der Waals surface area contributed by atoms with Crippen molar-refractivity contribution in [3.63, 3.8) is 0 Å². The maximum Gasteiger partial charge on any atom is 0.325 e. The molecule has 2 atom stereocenters. The molecule has 2 aromatic carbocycles. The van der Waals surface area contributed by atoms with E-state index in [1.807, 2.05) is 42.5 Å². The highest BCUT2D eigenvalue weighted by Crippen LogP contribution is 2.29. The average molecular weight is 436 g/mol. The molecule has 2 unspecified atom stereocenters. The Bertz CT molecular complexity index is 1020. The third-order valence-corrected chi connectivity index (χ3v) is 6.42. The van der Waals surface area contributed by atoms with Gasteiger partial charge in [-0.15, -0.1) is 0 Å². The summed E-state index contributed by atoms with van der Waals surface area (Å²) in [4.78, 5) is 39.3. The highest BCUT2D eigenvalue weighted by molar-refractivity contribution is 6.08. The zero-order valence-electron chi connectivity index (χ0n) is 18.5. The minimum Gasteiger partial charge on any atom is -0.497 e. The third kappa shape index (κ3) is 4.47. The highest BCUT2D eigenvalue weighted by Gasteiger charge is 2.48. The lowest BCUT2D eigenvalue weighted by atomic mass is 9.88. The van der Waals surface area contributed by atoms with E-state index in [0.29, 0.717) is 12.8 Å². The van der Waals surface area contributed by atoms with E-state index >= 15 is 0 Å². The normalized spacial score (nSPS) is 22.3. The van der Waals surface area contributed by atoms with Crippen LogP contribution >= 0.6 is 0 Å². The van der Waals surface area contributed by atoms with Gasteiger partial charge in [0, 0.05) is 0 Å². The molecule has 1 heterocycles. The number of nitrogens with one attached hydrogen (secondary N) is 2. The first-order valence-electron chi connectivity index (χ1n) is 11.0. The standard InChI is InChI=1S/C25H29N3O4/c1-25(15-14-17-10-12-19(32-2)13-11-17)23(30)28(24(31)27-25)16-22(29)26-21-9-5-7-18-6-3-4-8-20(18)21/h3-4,6,8,10-13,21H,5,7,9,14-16H2,1-2H3,(H,26,29)(H,27,31). The largest absolute Gasteiger partial charge is 0.497 e. The number of urea groups is 1. The lowest BCUT2D eigenvalue weighted by molar-refractivity contribution is -0.135. The minimum atomic E-state index is -1.03. The third-order valence-electron chi connectivity index (χ3n) is 6.42. The smallest absolute Gasteiger partial charge is 0.325 e. The molecule has 0 spiro atoms. The predicted molar refractivity (Wildman–Crippen MR) is 120 cm³/mol. The summed E-state index contributed by atoms with van der Waals surface area (Å²) >= 11 is 0. The molecule has 4 amide bonds. The van der Waals surface area contributed by atoms with Gasteiger partial charge in [-0.2, -0.15) is 0 Å². The number of nitrogens with zero attached hydrogens (tertiary/aromatic N) is 1. The Balaban J connectivity index is 1.36. The summed E-state index contributed by atoms with van der Waals surface area (Å²) in [6.45, 7) is 1.44. The number of rotatable bonds is 7. The van der Waals surface area contributed by atoms with Gasteiger partial charge in [0.2, 0.25) is 5.91 Å². The predicted octanol–water partition coefficient (Wildman–Crippen LogP) is 3.13. The quantitative estimate of drug-likeness (QED) is 0.654. The Morgan fingerprint density at radius 3 is 2.69 bits per heavy atom. The van der Waals surface area contributed by atoms with Gasteiger partial charge in [-0.3, -0.25) is 14.5 Å². The maximum atomic E-state index is 13.0. The number of methoxy groups -OCH3 is 1. The van der Waals surface area contributed by atoms with Crippen LogP contribution in [0.25, 0.3) is 0 Å². The van der Waals surface area contributed by atoms with Crippen molar-refractivity contribution in [2.75, 3.05) is 13.7 Å². The van der Waals surface area contributed by atoms with Crippen LogP contribution in [0.15, 0.2) is 48.5 Å². The molecule has 0 aromatic heterocycles. The minimum absolute atomic E-state index is 0.0883. The molecule has 32 heavy (non-hydrogen) atoms. The molecule has 0 radical (unpaired) electrons. The van der Waals surface area contributed by atoms with Crippen molar-refractivity contribution in [2.45, 2.75) is 50.6 Å². The van der Waals surface area contributed by atoms with Crippen molar-refractivity contribution in [3.05, 3.63) is 65.2 Å². The van der Waals surface area contributed by atoms with Gasteiger partial charge in [-0.25, -0.2) is 4.79 Å². The zero-order valence-corrected chi connectivity index (χ0v) is 18.5. The molecule has 7 nitrogen and oxygen atoms in total. The van der Waals surface area contributed by atoms with Crippen LogP contribution in [-0.4, -0.2) is 41.9 Å². The molecule has 168 valence electrons. The lowest BCUT2D eigenvalue weighted by Gasteiger charge is -2.27. The van der Waals surface area contributed by atoms with E-state index in [-0.39, 0.29) is 24.4 Å². The molecule has 1 aliphatic carbocycles. The molecule has 2 aliphatic rings. The van der Waals surface area contributed by atoms with Crippen molar-refractivity contribution >= 4 is 17.8 Å². The zero-order chi connectivity index (χ0) is 22.7. The van der Waals surface area contributed by atoms with E-state index in [0.717, 1.165) is 41.0 Å². The summed E-state index contributed by atoms with van der Waals surface area (Å²) in [5, 5.41) is 5.79. The molecule has 7 heteroatoms. The molecule has 4 rings (SSSR count).